The van der Waals surface area contributed by atoms with Crippen LogP contribution >= 0.6 is 0 Å². The second kappa shape index (κ2) is 21.5. The Balaban J connectivity index is 1.42. The lowest BCUT2D eigenvalue weighted by molar-refractivity contribution is 0.591. The minimum atomic E-state index is -0.191. The van der Waals surface area contributed by atoms with Crippen molar-refractivity contribution in [1.82, 2.24) is 0 Å². The topological polar surface area (TPSA) is 66.9 Å². The fraction of sp³-hybridized carbons (Fsp3) is 0.485. The van der Waals surface area contributed by atoms with Gasteiger partial charge in [0.05, 0.1) is 10.8 Å². The van der Waals surface area contributed by atoms with Crippen LogP contribution in [0.15, 0.2) is 91.2 Å². The minimum absolute atomic E-state index is 0.100. The molecule has 0 amide bonds. The Bertz CT molecular complexity index is 3250. The monoisotopic (exact) mass is 967 g/mol. The third-order valence-electron chi connectivity index (χ3n) is 15.9. The number of rotatable bonds is 22. The molecule has 6 heteroatoms. The summed E-state index contributed by atoms with van der Waals surface area (Å²) in [6, 6.07) is 26.2. The number of unbranched alkanes of at least 4 members (excludes halogenated alkanes) is 12. The summed E-state index contributed by atoms with van der Waals surface area (Å²) < 4.78 is 14.7. The molecule has 7 aromatic carbocycles. The Kier molecular flexibility index (Phi) is 15.3. The number of hydrogen-bond acceptors (Lipinski definition) is 6. The molecule has 0 saturated heterocycles. The molecule has 72 heavy (non-hydrogen) atoms. The molecule has 9 rings (SSSR count). The highest BCUT2D eigenvalue weighted by molar-refractivity contribution is 6.41. The van der Waals surface area contributed by atoms with Gasteiger partial charge in [-0.25, -0.2) is 0 Å². The van der Waals surface area contributed by atoms with Crippen LogP contribution in [0.1, 0.15) is 183 Å². The van der Waals surface area contributed by atoms with Crippen LogP contribution in [-0.4, -0.2) is 26.2 Å². The van der Waals surface area contributed by atoms with Gasteiger partial charge in [0.25, 0.3) is 0 Å². The van der Waals surface area contributed by atoms with Gasteiger partial charge in [-0.15, -0.1) is 0 Å². The summed E-state index contributed by atoms with van der Waals surface area (Å²) in [6.45, 7) is 26.2. The number of hydrogen-bond donors (Lipinski definition) is 0. The van der Waals surface area contributed by atoms with Crippen molar-refractivity contribution in [3.05, 3.63) is 104 Å². The quantitative estimate of drug-likeness (QED) is 0.0383. The van der Waals surface area contributed by atoms with Gasteiger partial charge in [-0.2, -0.15) is 0 Å². The molecule has 0 aliphatic carbocycles. The van der Waals surface area contributed by atoms with E-state index in [1.54, 1.807) is 0 Å². The third kappa shape index (κ3) is 9.81. The minimum Gasteiger partial charge on any atom is -0.455 e. The van der Waals surface area contributed by atoms with Crippen LogP contribution in [0.5, 0.6) is 0 Å². The van der Waals surface area contributed by atoms with Crippen LogP contribution in [-0.2, 0) is 10.8 Å². The molecular weight excluding hydrogens is 885 g/mol. The maximum Gasteiger partial charge on any atom is 0.198 e. The van der Waals surface area contributed by atoms with Gasteiger partial charge < -0.3 is 18.6 Å². The van der Waals surface area contributed by atoms with Crippen molar-refractivity contribution < 1.29 is 8.83 Å². The molecule has 0 N–H and O–H groups in total. The molecule has 0 radical (unpaired) electrons. The van der Waals surface area contributed by atoms with E-state index in [0.717, 1.165) is 107 Å². The number of benzene rings is 7. The summed E-state index contributed by atoms with van der Waals surface area (Å²) in [7, 11) is 0. The third-order valence-corrected chi connectivity index (χ3v) is 15.9. The zero-order valence-electron chi connectivity index (χ0n) is 45.6. The number of fused-ring (bicyclic) bond motifs is 10. The van der Waals surface area contributed by atoms with E-state index in [4.69, 9.17) is 8.83 Å². The Labute approximate surface area is 428 Å². The molecule has 0 aliphatic heterocycles. The van der Waals surface area contributed by atoms with Crippen LogP contribution in [0.25, 0.3) is 87.0 Å². The standard InChI is InChI=1S/C66H82N2O4/c1-11-15-19-23-35-67(36-24-20-16-12-2)45-29-33-49-53(41-45)71-63-57-55(49)47-31-27-43(65(5,6)7)39-51(47)62(70)60(57)64-58-56(48-32-28-44(66(8,9)10)40-52(48)61(69)59(58)63)50-34-30-46(42-54(50)72-64)68(37-25-21-17-13-3)38-26-22-18-14-4/h27-34,39-42H,11-26,35-38H2,1-10H3. The summed E-state index contributed by atoms with van der Waals surface area (Å²) >= 11 is 0. The van der Waals surface area contributed by atoms with Gasteiger partial charge >= 0.3 is 0 Å². The normalized spacial score (nSPS) is 12.7. The summed E-state index contributed by atoms with van der Waals surface area (Å²) in [5, 5.41) is 9.04. The maximum atomic E-state index is 15.8. The highest BCUT2D eigenvalue weighted by Crippen LogP contribution is 2.48. The second-order valence-corrected chi connectivity index (χ2v) is 23.4. The number of nitrogens with zero attached hydrogens (tertiary/aromatic N) is 2. The van der Waals surface area contributed by atoms with Crippen LogP contribution in [0.3, 0.4) is 0 Å². The van der Waals surface area contributed by atoms with Gasteiger partial charge in [-0.05, 0) is 94.8 Å². The summed E-state index contributed by atoms with van der Waals surface area (Å²) in [6.07, 6.45) is 19.1. The SMILES string of the molecule is CCCCCCN(CCCCCC)c1ccc2c(c1)oc1c3c(=O)c4cc(C(C)(C)C)ccc4c4c5ccc(N(CCCCCC)CCCCCC)cc5oc(c5c(=O)c6cc(C(C)(C)C)ccc6c2c15)c34. The largest absolute Gasteiger partial charge is 0.455 e. The lowest BCUT2D eigenvalue weighted by Gasteiger charge is -2.26. The van der Waals surface area contributed by atoms with Crippen molar-refractivity contribution >= 4 is 98.3 Å². The lowest BCUT2D eigenvalue weighted by Crippen LogP contribution is -2.25. The van der Waals surface area contributed by atoms with Crippen LogP contribution < -0.4 is 20.7 Å². The molecule has 0 saturated carbocycles. The molecule has 6 nitrogen and oxygen atoms in total. The van der Waals surface area contributed by atoms with Gasteiger partial charge in [0.1, 0.15) is 22.3 Å². The van der Waals surface area contributed by atoms with Crippen molar-refractivity contribution in [2.45, 2.75) is 183 Å². The Morgan fingerprint density at radius 1 is 0.361 bits per heavy atom. The van der Waals surface area contributed by atoms with Crippen LogP contribution in [0.4, 0.5) is 11.4 Å². The van der Waals surface area contributed by atoms with Crippen molar-refractivity contribution in [3.63, 3.8) is 0 Å². The Hall–Kier alpha value is -5.62. The van der Waals surface area contributed by atoms with Crippen LogP contribution in [0.2, 0.25) is 0 Å². The van der Waals surface area contributed by atoms with Gasteiger partial charge in [0.2, 0.25) is 0 Å². The highest BCUT2D eigenvalue weighted by atomic mass is 16.3. The highest BCUT2D eigenvalue weighted by Gasteiger charge is 2.29. The van der Waals surface area contributed by atoms with Gasteiger partial charge in [0, 0.05) is 92.8 Å². The Morgan fingerprint density at radius 2 is 0.694 bits per heavy atom. The zero-order valence-corrected chi connectivity index (χ0v) is 45.6. The second-order valence-electron chi connectivity index (χ2n) is 23.4. The van der Waals surface area contributed by atoms with Gasteiger partial charge in [-0.1, -0.05) is 171 Å². The first-order valence-electron chi connectivity index (χ1n) is 28.2. The van der Waals surface area contributed by atoms with Crippen LogP contribution in [0, 0.1) is 0 Å². The van der Waals surface area contributed by atoms with E-state index in [0.29, 0.717) is 54.6 Å². The molecular formula is C66H82N2O4. The smallest absolute Gasteiger partial charge is 0.198 e. The predicted molar refractivity (Wildman–Crippen MR) is 313 cm³/mol. The molecule has 9 aromatic rings. The first kappa shape index (κ1) is 51.3. The molecule has 0 fully saturated rings. The average Bonchev–Trinajstić information content (AvgIpc) is 3.36. The first-order chi connectivity index (χ1) is 34.7. The van der Waals surface area contributed by atoms with E-state index in [1.807, 2.05) is 0 Å². The molecule has 380 valence electrons. The van der Waals surface area contributed by atoms with E-state index in [2.05, 4.69) is 152 Å². The molecule has 0 aliphatic rings. The summed E-state index contributed by atoms with van der Waals surface area (Å²) in [4.78, 5) is 36.7. The molecule has 2 heterocycles. The van der Waals surface area contributed by atoms with Crippen molar-refractivity contribution in [1.29, 1.82) is 0 Å². The van der Waals surface area contributed by atoms with Crippen molar-refractivity contribution in [2.24, 2.45) is 0 Å². The molecule has 0 unspecified atom stereocenters. The first-order valence-corrected chi connectivity index (χ1v) is 28.2. The summed E-state index contributed by atoms with van der Waals surface area (Å²) in [5.74, 6) is 0. The van der Waals surface area contributed by atoms with E-state index < -0.39 is 0 Å². The fourth-order valence-corrected chi connectivity index (χ4v) is 11.6. The van der Waals surface area contributed by atoms with Crippen molar-refractivity contribution in [3.8, 4) is 0 Å². The van der Waals surface area contributed by atoms with E-state index in [-0.39, 0.29) is 21.7 Å². The lowest BCUT2D eigenvalue weighted by atomic mass is 9.83. The number of anilines is 2. The van der Waals surface area contributed by atoms with E-state index in [1.165, 1.54) is 77.0 Å². The fourth-order valence-electron chi connectivity index (χ4n) is 11.6. The average molecular weight is 967 g/mol. The van der Waals surface area contributed by atoms with Gasteiger partial charge in [-0.3, -0.25) is 9.59 Å². The van der Waals surface area contributed by atoms with Gasteiger partial charge in [0.15, 0.2) is 10.9 Å². The maximum absolute atomic E-state index is 15.8. The Morgan fingerprint density at radius 3 is 1.01 bits per heavy atom. The molecule has 0 atom stereocenters. The van der Waals surface area contributed by atoms with E-state index >= 15 is 9.59 Å². The predicted octanol–water partition coefficient (Wildman–Crippen LogP) is 18.8. The zero-order chi connectivity index (χ0) is 50.9. The van der Waals surface area contributed by atoms with Crippen molar-refractivity contribution in [2.75, 3.05) is 36.0 Å². The molecule has 0 spiro atoms. The molecule has 2 aromatic heterocycles. The summed E-state index contributed by atoms with van der Waals surface area (Å²) in [5.41, 5.74) is 6.21. The molecule has 0 bridgehead atoms. The van der Waals surface area contributed by atoms with E-state index in [9.17, 15) is 0 Å².